The number of ether oxygens (including phenoxy) is 1. The molecule has 3 aromatic rings. The number of aromatic nitrogens is 1. The molecule has 1 aromatic heterocycles. The molecule has 0 bridgehead atoms. The van der Waals surface area contributed by atoms with Crippen LogP contribution in [0, 0.1) is 12.7 Å². The van der Waals surface area contributed by atoms with Crippen molar-refractivity contribution in [2.45, 2.75) is 6.92 Å². The maximum Gasteiger partial charge on any atom is 0.165 e. The van der Waals surface area contributed by atoms with Gasteiger partial charge in [0.25, 0.3) is 0 Å². The zero-order chi connectivity index (χ0) is 17.3. The van der Waals surface area contributed by atoms with E-state index in [4.69, 9.17) is 4.74 Å². The number of hydrogen-bond acceptors (Lipinski definition) is 2. The van der Waals surface area contributed by atoms with Crippen molar-refractivity contribution in [3.63, 3.8) is 0 Å². The summed E-state index contributed by atoms with van der Waals surface area (Å²) in [5.41, 5.74) is 5.05. The first kappa shape index (κ1) is 16.1. The molecular weight excluding hydrogens is 303 g/mol. The quantitative estimate of drug-likeness (QED) is 0.694. The molecule has 0 radical (unpaired) electrons. The van der Waals surface area contributed by atoms with Crippen LogP contribution in [0.15, 0.2) is 54.6 Å². The van der Waals surface area contributed by atoms with Crippen molar-refractivity contribution in [3.8, 4) is 22.7 Å². The molecule has 0 saturated heterocycles. The molecule has 1 heterocycles. The maximum absolute atomic E-state index is 14.1. The van der Waals surface area contributed by atoms with Crippen LogP contribution in [0.1, 0.15) is 5.69 Å². The van der Waals surface area contributed by atoms with Crippen LogP contribution >= 0.6 is 0 Å². The van der Waals surface area contributed by atoms with Gasteiger partial charge in [0.15, 0.2) is 11.6 Å². The van der Waals surface area contributed by atoms with Gasteiger partial charge in [-0.3, -0.25) is 0 Å². The average Bonchev–Trinajstić information content (AvgIpc) is 2.96. The fourth-order valence-electron chi connectivity index (χ4n) is 2.83. The van der Waals surface area contributed by atoms with Crippen molar-refractivity contribution in [2.75, 3.05) is 26.1 Å². The van der Waals surface area contributed by atoms with Crippen molar-refractivity contribution in [2.24, 2.45) is 0 Å². The SMILES string of the molecule is COc1ccc(-c2ccc(C)n2-c2ccc(N(C)C)cc2)cc1F. The summed E-state index contributed by atoms with van der Waals surface area (Å²) in [6.45, 7) is 2.04. The number of hydrogen-bond donors (Lipinski definition) is 0. The smallest absolute Gasteiger partial charge is 0.165 e. The minimum Gasteiger partial charge on any atom is -0.494 e. The summed E-state index contributed by atoms with van der Waals surface area (Å²) < 4.78 is 21.2. The first-order valence-electron chi connectivity index (χ1n) is 7.81. The van der Waals surface area contributed by atoms with Gasteiger partial charge in [0.1, 0.15) is 0 Å². The Kier molecular flexibility index (Phi) is 4.30. The van der Waals surface area contributed by atoms with E-state index in [1.54, 1.807) is 6.07 Å². The van der Waals surface area contributed by atoms with Crippen LogP contribution in [0.2, 0.25) is 0 Å². The lowest BCUT2D eigenvalue weighted by atomic mass is 10.1. The van der Waals surface area contributed by atoms with Crippen molar-refractivity contribution >= 4 is 5.69 Å². The Bertz CT molecular complexity index is 851. The van der Waals surface area contributed by atoms with Crippen LogP contribution in [0.3, 0.4) is 0 Å². The lowest BCUT2D eigenvalue weighted by Crippen LogP contribution is -2.08. The van der Waals surface area contributed by atoms with Gasteiger partial charge in [-0.1, -0.05) is 0 Å². The maximum atomic E-state index is 14.1. The average molecular weight is 324 g/mol. The Hall–Kier alpha value is -2.75. The van der Waals surface area contributed by atoms with Crippen molar-refractivity contribution in [3.05, 3.63) is 66.1 Å². The lowest BCUT2D eigenvalue weighted by molar-refractivity contribution is 0.386. The van der Waals surface area contributed by atoms with Gasteiger partial charge in [0.05, 0.1) is 12.8 Å². The minimum absolute atomic E-state index is 0.254. The molecule has 124 valence electrons. The Morgan fingerprint density at radius 1 is 0.958 bits per heavy atom. The van der Waals surface area contributed by atoms with Gasteiger partial charge in [-0.05, 0) is 61.5 Å². The molecule has 0 N–H and O–H groups in total. The van der Waals surface area contributed by atoms with Crippen LogP contribution in [-0.2, 0) is 0 Å². The molecule has 0 saturated carbocycles. The van der Waals surface area contributed by atoms with Crippen LogP contribution in [-0.4, -0.2) is 25.8 Å². The standard InChI is InChI=1S/C20H21FN2O/c1-14-5-11-19(15-6-12-20(24-4)18(21)13-15)23(14)17-9-7-16(8-10-17)22(2)3/h5-13H,1-4H3. The highest BCUT2D eigenvalue weighted by atomic mass is 19.1. The van der Waals surface area contributed by atoms with E-state index in [0.717, 1.165) is 28.3 Å². The molecule has 0 atom stereocenters. The lowest BCUT2D eigenvalue weighted by Gasteiger charge is -2.16. The third kappa shape index (κ3) is 2.87. The molecule has 0 aliphatic heterocycles. The van der Waals surface area contributed by atoms with Crippen molar-refractivity contribution in [1.82, 2.24) is 4.57 Å². The number of benzene rings is 2. The second-order valence-corrected chi connectivity index (χ2v) is 5.96. The Labute approximate surface area is 141 Å². The van der Waals surface area contributed by atoms with Gasteiger partial charge in [-0.15, -0.1) is 0 Å². The number of nitrogens with zero attached hydrogens (tertiary/aromatic N) is 2. The van der Waals surface area contributed by atoms with E-state index in [2.05, 4.69) is 33.7 Å². The summed E-state index contributed by atoms with van der Waals surface area (Å²) in [6, 6.07) is 17.4. The first-order chi connectivity index (χ1) is 11.5. The van der Waals surface area contributed by atoms with E-state index in [1.165, 1.54) is 13.2 Å². The predicted octanol–water partition coefficient (Wildman–Crippen LogP) is 4.67. The van der Waals surface area contributed by atoms with Crippen molar-refractivity contribution < 1.29 is 9.13 Å². The molecule has 2 aromatic carbocycles. The molecule has 0 aliphatic carbocycles. The van der Waals surface area contributed by atoms with Gasteiger partial charge in [0, 0.05) is 36.7 Å². The highest BCUT2D eigenvalue weighted by molar-refractivity contribution is 5.66. The Morgan fingerprint density at radius 2 is 1.67 bits per heavy atom. The number of methoxy groups -OCH3 is 1. The highest BCUT2D eigenvalue weighted by Crippen LogP contribution is 2.30. The van der Waals surface area contributed by atoms with Gasteiger partial charge < -0.3 is 14.2 Å². The summed E-state index contributed by atoms with van der Waals surface area (Å²) in [7, 11) is 5.50. The predicted molar refractivity (Wildman–Crippen MR) is 96.8 cm³/mol. The van der Waals surface area contributed by atoms with Crippen molar-refractivity contribution in [1.29, 1.82) is 0 Å². The largest absolute Gasteiger partial charge is 0.494 e. The molecule has 0 spiro atoms. The van der Waals surface area contributed by atoms with E-state index in [1.807, 2.05) is 39.2 Å². The normalized spacial score (nSPS) is 10.7. The van der Waals surface area contributed by atoms with Crippen LogP contribution in [0.5, 0.6) is 5.75 Å². The van der Waals surface area contributed by atoms with Crippen LogP contribution in [0.25, 0.3) is 16.9 Å². The molecule has 0 aliphatic rings. The zero-order valence-electron chi connectivity index (χ0n) is 14.4. The summed E-state index contributed by atoms with van der Waals surface area (Å²) in [4.78, 5) is 2.06. The monoisotopic (exact) mass is 324 g/mol. The summed E-state index contributed by atoms with van der Waals surface area (Å²) in [5, 5.41) is 0. The molecule has 3 rings (SSSR count). The first-order valence-corrected chi connectivity index (χ1v) is 7.81. The fraction of sp³-hybridized carbons (Fsp3) is 0.200. The number of aryl methyl sites for hydroxylation is 1. The van der Waals surface area contributed by atoms with Gasteiger partial charge in [0.2, 0.25) is 0 Å². The number of halogens is 1. The van der Waals surface area contributed by atoms with E-state index in [-0.39, 0.29) is 11.6 Å². The van der Waals surface area contributed by atoms with E-state index < -0.39 is 0 Å². The van der Waals surface area contributed by atoms with Crippen LogP contribution < -0.4 is 9.64 Å². The molecule has 4 heteroatoms. The Balaban J connectivity index is 2.07. The summed E-state index contributed by atoms with van der Waals surface area (Å²) in [6.07, 6.45) is 0. The van der Waals surface area contributed by atoms with E-state index in [0.29, 0.717) is 0 Å². The fourth-order valence-corrected chi connectivity index (χ4v) is 2.83. The minimum atomic E-state index is -0.358. The molecule has 0 amide bonds. The third-order valence-electron chi connectivity index (χ3n) is 4.15. The van der Waals surface area contributed by atoms with Crippen LogP contribution in [0.4, 0.5) is 10.1 Å². The van der Waals surface area contributed by atoms with Gasteiger partial charge in [-0.2, -0.15) is 0 Å². The van der Waals surface area contributed by atoms with E-state index >= 15 is 0 Å². The number of rotatable bonds is 4. The van der Waals surface area contributed by atoms with E-state index in [9.17, 15) is 4.39 Å². The zero-order valence-corrected chi connectivity index (χ0v) is 14.4. The second-order valence-electron chi connectivity index (χ2n) is 5.96. The Morgan fingerprint density at radius 3 is 2.25 bits per heavy atom. The third-order valence-corrected chi connectivity index (χ3v) is 4.15. The molecule has 0 fully saturated rings. The molecule has 24 heavy (non-hydrogen) atoms. The van der Waals surface area contributed by atoms with Gasteiger partial charge in [-0.25, -0.2) is 4.39 Å². The summed E-state index contributed by atoms with van der Waals surface area (Å²) >= 11 is 0. The molecular formula is C20H21FN2O. The topological polar surface area (TPSA) is 17.4 Å². The summed E-state index contributed by atoms with van der Waals surface area (Å²) in [5.74, 6) is -0.104. The molecule has 3 nitrogen and oxygen atoms in total. The number of anilines is 1. The van der Waals surface area contributed by atoms with Gasteiger partial charge >= 0.3 is 0 Å². The second kappa shape index (κ2) is 6.40. The molecule has 0 unspecified atom stereocenters. The highest BCUT2D eigenvalue weighted by Gasteiger charge is 2.12.